The van der Waals surface area contributed by atoms with Crippen molar-refractivity contribution in [3.05, 3.63) is 0 Å². The Hall–Kier alpha value is -1.26. The molecule has 2 rings (SSSR count). The Morgan fingerprint density at radius 2 is 1.42 bits per heavy atom. The van der Waals surface area contributed by atoms with Crippen molar-refractivity contribution in [3.8, 4) is 0 Å². The number of amides is 2. The molecular weight excluding hydrogens is 328 g/mol. The van der Waals surface area contributed by atoms with E-state index >= 15 is 0 Å². The maximum atomic E-state index is 12.6. The van der Waals surface area contributed by atoms with Gasteiger partial charge in [-0.25, -0.2) is 4.79 Å². The van der Waals surface area contributed by atoms with Crippen LogP contribution >= 0.6 is 0 Å². The number of hydrogen-bond donors (Lipinski definition) is 1. The number of nitrogens with zero attached hydrogens (tertiary/aromatic N) is 1. The molecule has 0 spiro atoms. The average molecular weight is 367 g/mol. The van der Waals surface area contributed by atoms with Crippen LogP contribution in [-0.2, 0) is 9.53 Å². The summed E-state index contributed by atoms with van der Waals surface area (Å²) in [6, 6.07) is 0.182. The molecule has 0 radical (unpaired) electrons. The van der Waals surface area contributed by atoms with Crippen LogP contribution in [0.2, 0.25) is 0 Å². The molecule has 2 fully saturated rings. The SMILES string of the molecule is CC(C)(C)OC(=O)N1CCC(NC(=O)C2CCC(C(C)(C)C)CC2)CC1. The first kappa shape index (κ1) is 21.0. The third-order valence-electron chi connectivity index (χ3n) is 5.82. The van der Waals surface area contributed by atoms with E-state index in [0.717, 1.165) is 44.4 Å². The summed E-state index contributed by atoms with van der Waals surface area (Å²) in [6.45, 7) is 13.8. The highest BCUT2D eigenvalue weighted by molar-refractivity contribution is 5.79. The Kier molecular flexibility index (Phi) is 6.62. The summed E-state index contributed by atoms with van der Waals surface area (Å²) in [5.41, 5.74) is -0.121. The number of carbonyl (C=O) groups excluding carboxylic acids is 2. The Bertz CT molecular complexity index is 488. The van der Waals surface area contributed by atoms with Crippen LogP contribution in [0.25, 0.3) is 0 Å². The number of hydrogen-bond acceptors (Lipinski definition) is 3. The summed E-state index contributed by atoms with van der Waals surface area (Å²) in [4.78, 5) is 26.5. The van der Waals surface area contributed by atoms with Gasteiger partial charge in [-0.2, -0.15) is 0 Å². The van der Waals surface area contributed by atoms with Gasteiger partial charge < -0.3 is 15.0 Å². The van der Waals surface area contributed by atoms with E-state index in [0.29, 0.717) is 18.5 Å². The molecule has 26 heavy (non-hydrogen) atoms. The molecule has 1 saturated heterocycles. The topological polar surface area (TPSA) is 58.6 Å². The molecule has 2 amide bonds. The molecule has 2 aliphatic rings. The van der Waals surface area contributed by atoms with Crippen molar-refractivity contribution in [2.75, 3.05) is 13.1 Å². The maximum absolute atomic E-state index is 12.6. The van der Waals surface area contributed by atoms with Crippen LogP contribution < -0.4 is 5.32 Å². The maximum Gasteiger partial charge on any atom is 0.410 e. The molecule has 0 aromatic rings. The second-order valence-corrected chi connectivity index (χ2v) is 10.2. The minimum Gasteiger partial charge on any atom is -0.444 e. The molecule has 0 unspecified atom stereocenters. The van der Waals surface area contributed by atoms with Gasteiger partial charge in [0, 0.05) is 25.0 Å². The van der Waals surface area contributed by atoms with Crippen LogP contribution in [-0.4, -0.2) is 41.6 Å². The van der Waals surface area contributed by atoms with E-state index in [-0.39, 0.29) is 24.0 Å². The van der Waals surface area contributed by atoms with Crippen LogP contribution in [0.3, 0.4) is 0 Å². The Balaban J connectivity index is 1.73. The first-order valence-electron chi connectivity index (χ1n) is 10.2. The summed E-state index contributed by atoms with van der Waals surface area (Å²) in [7, 11) is 0. The van der Waals surface area contributed by atoms with E-state index in [1.807, 2.05) is 20.8 Å². The first-order chi connectivity index (χ1) is 12.0. The molecule has 150 valence electrons. The summed E-state index contributed by atoms with van der Waals surface area (Å²) in [5, 5.41) is 3.23. The van der Waals surface area contributed by atoms with Gasteiger partial charge in [-0.1, -0.05) is 20.8 Å². The zero-order valence-corrected chi connectivity index (χ0v) is 17.6. The van der Waals surface area contributed by atoms with Crippen LogP contribution in [0, 0.1) is 17.3 Å². The molecule has 0 atom stereocenters. The standard InChI is InChI=1S/C21H38N2O3/c1-20(2,3)16-9-7-15(8-10-16)18(24)22-17-11-13-23(14-12-17)19(25)26-21(4,5)6/h15-17H,7-14H2,1-6H3,(H,22,24). The van der Waals surface area contributed by atoms with Gasteiger partial charge in [-0.15, -0.1) is 0 Å². The minimum absolute atomic E-state index is 0.164. The van der Waals surface area contributed by atoms with Gasteiger partial charge in [0.2, 0.25) is 5.91 Å². The fourth-order valence-electron chi connectivity index (χ4n) is 4.07. The molecule has 5 nitrogen and oxygen atoms in total. The highest BCUT2D eigenvalue weighted by atomic mass is 16.6. The van der Waals surface area contributed by atoms with Gasteiger partial charge in [0.1, 0.15) is 5.60 Å². The van der Waals surface area contributed by atoms with Crippen molar-refractivity contribution in [2.45, 2.75) is 91.7 Å². The molecule has 0 aromatic heterocycles. The first-order valence-corrected chi connectivity index (χ1v) is 10.2. The predicted molar refractivity (Wildman–Crippen MR) is 104 cm³/mol. The minimum atomic E-state index is -0.464. The van der Waals surface area contributed by atoms with Crippen molar-refractivity contribution >= 4 is 12.0 Å². The highest BCUT2D eigenvalue weighted by Gasteiger charge is 2.34. The lowest BCUT2D eigenvalue weighted by atomic mass is 9.69. The summed E-state index contributed by atoms with van der Waals surface area (Å²) in [6.07, 6.45) is 5.68. The fourth-order valence-corrected chi connectivity index (χ4v) is 4.07. The highest BCUT2D eigenvalue weighted by Crippen LogP contribution is 2.39. The monoisotopic (exact) mass is 366 g/mol. The second kappa shape index (κ2) is 8.18. The summed E-state index contributed by atoms with van der Waals surface area (Å²) in [5.74, 6) is 1.11. The summed E-state index contributed by atoms with van der Waals surface area (Å²) >= 11 is 0. The van der Waals surface area contributed by atoms with E-state index < -0.39 is 5.60 Å². The molecular formula is C21H38N2O3. The van der Waals surface area contributed by atoms with Crippen LogP contribution in [0.5, 0.6) is 0 Å². The van der Waals surface area contributed by atoms with Crippen LogP contribution in [0.1, 0.15) is 80.1 Å². The summed E-state index contributed by atoms with van der Waals surface area (Å²) < 4.78 is 5.43. The van der Waals surface area contributed by atoms with E-state index in [1.165, 1.54) is 0 Å². The lowest BCUT2D eigenvalue weighted by Gasteiger charge is -2.37. The lowest BCUT2D eigenvalue weighted by molar-refractivity contribution is -0.127. The largest absolute Gasteiger partial charge is 0.444 e. The second-order valence-electron chi connectivity index (χ2n) is 10.2. The smallest absolute Gasteiger partial charge is 0.410 e. The predicted octanol–water partition coefficient (Wildman–Crippen LogP) is 4.35. The Morgan fingerprint density at radius 1 is 0.885 bits per heavy atom. The third kappa shape index (κ3) is 6.17. The Labute approximate surface area is 159 Å². The molecule has 0 aromatic carbocycles. The number of piperidine rings is 1. The van der Waals surface area contributed by atoms with Gasteiger partial charge in [0.15, 0.2) is 0 Å². The van der Waals surface area contributed by atoms with Crippen LogP contribution in [0.4, 0.5) is 4.79 Å². The molecule has 1 N–H and O–H groups in total. The van der Waals surface area contributed by atoms with Gasteiger partial charge in [-0.3, -0.25) is 4.79 Å². The number of ether oxygens (including phenoxy) is 1. The average Bonchev–Trinajstić information content (AvgIpc) is 2.53. The zero-order chi connectivity index (χ0) is 19.5. The van der Waals surface area contributed by atoms with E-state index in [2.05, 4.69) is 26.1 Å². The fraction of sp³-hybridized carbons (Fsp3) is 0.905. The van der Waals surface area contributed by atoms with Crippen molar-refractivity contribution in [2.24, 2.45) is 17.3 Å². The van der Waals surface area contributed by atoms with E-state index in [1.54, 1.807) is 4.90 Å². The van der Waals surface area contributed by atoms with Gasteiger partial charge in [0.25, 0.3) is 0 Å². The van der Waals surface area contributed by atoms with Crippen molar-refractivity contribution in [1.29, 1.82) is 0 Å². The van der Waals surface area contributed by atoms with Crippen molar-refractivity contribution in [1.82, 2.24) is 10.2 Å². The molecule has 1 heterocycles. The molecule has 5 heteroatoms. The number of likely N-dealkylation sites (tertiary alicyclic amines) is 1. The molecule has 1 aliphatic heterocycles. The molecule has 0 bridgehead atoms. The number of rotatable bonds is 2. The van der Waals surface area contributed by atoms with Gasteiger partial charge in [0.05, 0.1) is 0 Å². The van der Waals surface area contributed by atoms with Crippen molar-refractivity contribution < 1.29 is 14.3 Å². The van der Waals surface area contributed by atoms with E-state index in [4.69, 9.17) is 4.74 Å². The quantitative estimate of drug-likeness (QED) is 0.790. The normalized spacial score (nSPS) is 25.7. The number of carbonyl (C=O) groups is 2. The Morgan fingerprint density at radius 3 is 1.88 bits per heavy atom. The van der Waals surface area contributed by atoms with Crippen LogP contribution in [0.15, 0.2) is 0 Å². The van der Waals surface area contributed by atoms with E-state index in [9.17, 15) is 9.59 Å². The molecule has 1 aliphatic carbocycles. The van der Waals surface area contributed by atoms with Gasteiger partial charge in [-0.05, 0) is 70.6 Å². The van der Waals surface area contributed by atoms with Gasteiger partial charge >= 0.3 is 6.09 Å². The number of nitrogens with one attached hydrogen (secondary N) is 1. The third-order valence-corrected chi connectivity index (χ3v) is 5.82. The molecule has 1 saturated carbocycles. The lowest BCUT2D eigenvalue weighted by Crippen LogP contribution is -2.49. The van der Waals surface area contributed by atoms with Crippen molar-refractivity contribution in [3.63, 3.8) is 0 Å². The zero-order valence-electron chi connectivity index (χ0n) is 17.6.